The summed E-state index contributed by atoms with van der Waals surface area (Å²) in [6.45, 7) is 0. The molecular weight excluding hydrogens is 272 g/mol. The molecule has 112 valence electrons. The standard InChI is InChI=1S/C16H18O5/c1-19-13-6-4-11(5-7-13)12-8-9-16(10-12,14(17)20-2)15(18)21-3/h4-8H,9-10H2,1-3H3. The second-order valence-corrected chi connectivity index (χ2v) is 4.90. The minimum absolute atomic E-state index is 0.276. The molecule has 0 bridgehead atoms. The quantitative estimate of drug-likeness (QED) is 0.628. The van der Waals surface area contributed by atoms with Crippen molar-refractivity contribution < 1.29 is 23.8 Å². The Bertz CT molecular complexity index is 555. The molecule has 0 N–H and O–H groups in total. The van der Waals surface area contributed by atoms with Gasteiger partial charge in [-0.2, -0.15) is 0 Å². The molecule has 0 atom stereocenters. The first-order chi connectivity index (χ1) is 10.1. The Morgan fingerprint density at radius 1 is 1.00 bits per heavy atom. The molecule has 5 heteroatoms. The van der Waals surface area contributed by atoms with E-state index in [1.807, 2.05) is 30.3 Å². The third-order valence-electron chi connectivity index (χ3n) is 3.80. The third kappa shape index (κ3) is 2.63. The van der Waals surface area contributed by atoms with E-state index in [1.54, 1.807) is 7.11 Å². The van der Waals surface area contributed by atoms with E-state index in [1.165, 1.54) is 14.2 Å². The van der Waals surface area contributed by atoms with Crippen molar-refractivity contribution in [2.45, 2.75) is 12.8 Å². The lowest BCUT2D eigenvalue weighted by Crippen LogP contribution is -2.39. The predicted octanol–water partition coefficient (Wildman–Crippen LogP) is 2.20. The van der Waals surface area contributed by atoms with Gasteiger partial charge in [-0.05, 0) is 36.1 Å². The van der Waals surface area contributed by atoms with Crippen LogP contribution in [0.15, 0.2) is 30.3 Å². The highest BCUT2D eigenvalue weighted by Crippen LogP contribution is 2.43. The van der Waals surface area contributed by atoms with Gasteiger partial charge in [0, 0.05) is 0 Å². The van der Waals surface area contributed by atoms with E-state index >= 15 is 0 Å². The van der Waals surface area contributed by atoms with E-state index in [0.29, 0.717) is 0 Å². The number of methoxy groups -OCH3 is 3. The normalized spacial score (nSPS) is 16.0. The van der Waals surface area contributed by atoms with Crippen LogP contribution in [-0.4, -0.2) is 33.3 Å². The van der Waals surface area contributed by atoms with E-state index in [-0.39, 0.29) is 12.8 Å². The maximum absolute atomic E-state index is 12.0. The Morgan fingerprint density at radius 3 is 2.05 bits per heavy atom. The first-order valence-electron chi connectivity index (χ1n) is 6.57. The average molecular weight is 290 g/mol. The van der Waals surface area contributed by atoms with Gasteiger partial charge in [0.25, 0.3) is 0 Å². The van der Waals surface area contributed by atoms with E-state index in [0.717, 1.165) is 16.9 Å². The zero-order valence-corrected chi connectivity index (χ0v) is 12.3. The van der Waals surface area contributed by atoms with Crippen molar-refractivity contribution in [3.8, 4) is 5.75 Å². The molecule has 0 aromatic heterocycles. The number of allylic oxidation sites excluding steroid dienone is 2. The minimum Gasteiger partial charge on any atom is -0.497 e. The van der Waals surface area contributed by atoms with Gasteiger partial charge in [0.1, 0.15) is 5.75 Å². The van der Waals surface area contributed by atoms with Crippen LogP contribution in [0.1, 0.15) is 18.4 Å². The van der Waals surface area contributed by atoms with E-state index in [9.17, 15) is 9.59 Å². The van der Waals surface area contributed by atoms with Crippen molar-refractivity contribution in [2.24, 2.45) is 5.41 Å². The Morgan fingerprint density at radius 2 is 1.57 bits per heavy atom. The number of hydrogen-bond donors (Lipinski definition) is 0. The number of ether oxygens (including phenoxy) is 3. The molecular formula is C16H18O5. The topological polar surface area (TPSA) is 61.8 Å². The number of esters is 2. The lowest BCUT2D eigenvalue weighted by atomic mass is 9.83. The zero-order valence-electron chi connectivity index (χ0n) is 12.3. The minimum atomic E-state index is -1.27. The second kappa shape index (κ2) is 5.99. The van der Waals surface area contributed by atoms with Crippen LogP contribution in [0.3, 0.4) is 0 Å². The van der Waals surface area contributed by atoms with Gasteiger partial charge in [-0.1, -0.05) is 18.2 Å². The Labute approximate surface area is 123 Å². The van der Waals surface area contributed by atoms with Crippen LogP contribution < -0.4 is 4.74 Å². The molecule has 0 saturated carbocycles. The molecule has 1 aromatic carbocycles. The molecule has 0 radical (unpaired) electrons. The lowest BCUT2D eigenvalue weighted by Gasteiger charge is -2.23. The van der Waals surface area contributed by atoms with Gasteiger partial charge in [0.15, 0.2) is 5.41 Å². The van der Waals surface area contributed by atoms with Crippen molar-refractivity contribution in [1.29, 1.82) is 0 Å². The summed E-state index contributed by atoms with van der Waals surface area (Å²) in [5, 5.41) is 0. The fraction of sp³-hybridized carbons (Fsp3) is 0.375. The van der Waals surface area contributed by atoms with Gasteiger partial charge in [0.2, 0.25) is 0 Å². The molecule has 2 rings (SSSR count). The molecule has 0 heterocycles. The third-order valence-corrected chi connectivity index (χ3v) is 3.80. The summed E-state index contributed by atoms with van der Waals surface area (Å²) < 4.78 is 14.7. The molecule has 0 aliphatic heterocycles. The van der Waals surface area contributed by atoms with Crippen molar-refractivity contribution >= 4 is 17.5 Å². The second-order valence-electron chi connectivity index (χ2n) is 4.90. The Kier molecular flexibility index (Phi) is 4.31. The van der Waals surface area contributed by atoms with Gasteiger partial charge in [-0.15, -0.1) is 0 Å². The van der Waals surface area contributed by atoms with E-state index < -0.39 is 17.4 Å². The van der Waals surface area contributed by atoms with Gasteiger partial charge in [0.05, 0.1) is 21.3 Å². The average Bonchev–Trinajstić information content (AvgIpc) is 3.00. The number of carbonyl (C=O) groups is 2. The highest BCUT2D eigenvalue weighted by atomic mass is 16.5. The molecule has 0 fully saturated rings. The van der Waals surface area contributed by atoms with Crippen molar-refractivity contribution in [2.75, 3.05) is 21.3 Å². The monoisotopic (exact) mass is 290 g/mol. The largest absolute Gasteiger partial charge is 0.497 e. The predicted molar refractivity (Wildman–Crippen MR) is 76.7 cm³/mol. The summed E-state index contributed by atoms with van der Waals surface area (Å²) in [6.07, 6.45) is 2.45. The summed E-state index contributed by atoms with van der Waals surface area (Å²) in [7, 11) is 4.15. The SMILES string of the molecule is COC(=O)C1(C(=O)OC)CC=C(c2ccc(OC)cc2)C1. The molecule has 1 aliphatic rings. The molecule has 0 unspecified atom stereocenters. The van der Waals surface area contributed by atoms with Crippen LogP contribution >= 0.6 is 0 Å². The molecule has 1 aromatic rings. The Hall–Kier alpha value is -2.30. The molecule has 0 amide bonds. The zero-order chi connectivity index (χ0) is 15.5. The molecule has 21 heavy (non-hydrogen) atoms. The van der Waals surface area contributed by atoms with Crippen LogP contribution in [0, 0.1) is 5.41 Å². The maximum atomic E-state index is 12.0. The van der Waals surface area contributed by atoms with E-state index in [2.05, 4.69) is 0 Å². The number of hydrogen-bond acceptors (Lipinski definition) is 5. The van der Waals surface area contributed by atoms with Crippen molar-refractivity contribution in [1.82, 2.24) is 0 Å². The highest BCUT2D eigenvalue weighted by molar-refractivity contribution is 6.03. The maximum Gasteiger partial charge on any atom is 0.323 e. The molecule has 0 saturated heterocycles. The van der Waals surface area contributed by atoms with Crippen LogP contribution in [0.25, 0.3) is 5.57 Å². The molecule has 5 nitrogen and oxygen atoms in total. The summed E-state index contributed by atoms with van der Waals surface area (Å²) in [4.78, 5) is 24.1. The van der Waals surface area contributed by atoms with Gasteiger partial charge in [-0.3, -0.25) is 9.59 Å². The van der Waals surface area contributed by atoms with Gasteiger partial charge in [-0.25, -0.2) is 0 Å². The smallest absolute Gasteiger partial charge is 0.323 e. The summed E-state index contributed by atoms with van der Waals surface area (Å²) in [5.41, 5.74) is 0.609. The van der Waals surface area contributed by atoms with E-state index in [4.69, 9.17) is 14.2 Å². The lowest BCUT2D eigenvalue weighted by molar-refractivity contribution is -0.168. The van der Waals surface area contributed by atoms with Crippen LogP contribution in [0.4, 0.5) is 0 Å². The first-order valence-corrected chi connectivity index (χ1v) is 6.57. The van der Waals surface area contributed by atoms with Crippen molar-refractivity contribution in [3.63, 3.8) is 0 Å². The van der Waals surface area contributed by atoms with Crippen LogP contribution in [0.2, 0.25) is 0 Å². The fourth-order valence-electron chi connectivity index (χ4n) is 2.58. The van der Waals surface area contributed by atoms with Crippen LogP contribution in [-0.2, 0) is 19.1 Å². The Balaban J connectivity index is 2.26. The molecule has 0 spiro atoms. The van der Waals surface area contributed by atoms with Gasteiger partial charge >= 0.3 is 11.9 Å². The summed E-state index contributed by atoms with van der Waals surface area (Å²) in [6, 6.07) is 7.48. The fourth-order valence-corrected chi connectivity index (χ4v) is 2.58. The van der Waals surface area contributed by atoms with Crippen molar-refractivity contribution in [3.05, 3.63) is 35.9 Å². The molecule has 1 aliphatic carbocycles. The summed E-state index contributed by atoms with van der Waals surface area (Å²) >= 11 is 0. The first kappa shape index (κ1) is 15.1. The highest BCUT2D eigenvalue weighted by Gasteiger charge is 2.50. The summed E-state index contributed by atoms with van der Waals surface area (Å²) in [5.74, 6) is -0.368. The number of rotatable bonds is 4. The number of benzene rings is 1. The van der Waals surface area contributed by atoms with Gasteiger partial charge < -0.3 is 14.2 Å². The van der Waals surface area contributed by atoms with Crippen LogP contribution in [0.5, 0.6) is 5.75 Å². The number of carbonyl (C=O) groups excluding carboxylic acids is 2.